The van der Waals surface area contributed by atoms with Crippen molar-refractivity contribution >= 4 is 5.69 Å². The van der Waals surface area contributed by atoms with E-state index >= 15 is 0 Å². The molecule has 1 saturated carbocycles. The Hall–Kier alpha value is -1.02. The van der Waals surface area contributed by atoms with Crippen LogP contribution in [0.1, 0.15) is 38.2 Å². The molecule has 0 bridgehead atoms. The zero-order valence-corrected chi connectivity index (χ0v) is 10.9. The number of hydrogen-bond acceptors (Lipinski definition) is 2. The van der Waals surface area contributed by atoms with E-state index in [1.165, 1.54) is 11.3 Å². The van der Waals surface area contributed by atoms with Gasteiger partial charge in [0.1, 0.15) is 0 Å². The number of aliphatic hydroxyl groups excluding tert-OH is 1. The largest absolute Gasteiger partial charge is 0.393 e. The molecule has 1 fully saturated rings. The molecular formula is C15H23NO. The summed E-state index contributed by atoms with van der Waals surface area (Å²) in [5.74, 6) is 0. The lowest BCUT2D eigenvalue weighted by molar-refractivity contribution is 0.122. The van der Waals surface area contributed by atoms with Crippen LogP contribution in [0.15, 0.2) is 24.3 Å². The van der Waals surface area contributed by atoms with Crippen molar-refractivity contribution in [2.45, 2.75) is 51.2 Å². The van der Waals surface area contributed by atoms with Crippen LogP contribution in [0.3, 0.4) is 0 Å². The van der Waals surface area contributed by atoms with Gasteiger partial charge in [-0.3, -0.25) is 0 Å². The Labute approximate surface area is 104 Å². The molecule has 0 saturated heterocycles. The van der Waals surface area contributed by atoms with Gasteiger partial charge in [-0.1, -0.05) is 25.1 Å². The summed E-state index contributed by atoms with van der Waals surface area (Å²) >= 11 is 0. The highest BCUT2D eigenvalue weighted by Crippen LogP contribution is 2.28. The van der Waals surface area contributed by atoms with Crippen LogP contribution in [0, 0.1) is 0 Å². The van der Waals surface area contributed by atoms with Gasteiger partial charge >= 0.3 is 0 Å². The van der Waals surface area contributed by atoms with E-state index in [9.17, 15) is 5.11 Å². The molecule has 2 heteroatoms. The van der Waals surface area contributed by atoms with Gasteiger partial charge in [-0.05, 0) is 43.7 Å². The van der Waals surface area contributed by atoms with Gasteiger partial charge in [-0.2, -0.15) is 0 Å². The van der Waals surface area contributed by atoms with E-state index in [4.69, 9.17) is 0 Å². The van der Waals surface area contributed by atoms with Crippen LogP contribution in [0.25, 0.3) is 0 Å². The second kappa shape index (κ2) is 5.54. The molecule has 0 radical (unpaired) electrons. The molecule has 17 heavy (non-hydrogen) atoms. The smallest absolute Gasteiger partial charge is 0.0541 e. The molecule has 0 aliphatic heterocycles. The van der Waals surface area contributed by atoms with E-state index < -0.39 is 0 Å². The normalized spacial score (nSPS) is 24.6. The highest BCUT2D eigenvalue weighted by molar-refractivity contribution is 5.53. The predicted octanol–water partition coefficient (Wildman–Crippen LogP) is 2.99. The Morgan fingerprint density at radius 1 is 1.18 bits per heavy atom. The average molecular weight is 233 g/mol. The first-order valence-electron chi connectivity index (χ1n) is 6.71. The topological polar surface area (TPSA) is 23.5 Å². The summed E-state index contributed by atoms with van der Waals surface area (Å²) in [7, 11) is 2.19. The molecule has 0 atom stereocenters. The molecule has 1 aliphatic carbocycles. The minimum Gasteiger partial charge on any atom is -0.393 e. The van der Waals surface area contributed by atoms with Gasteiger partial charge in [0.25, 0.3) is 0 Å². The third-order valence-corrected chi connectivity index (χ3v) is 3.97. The fourth-order valence-corrected chi connectivity index (χ4v) is 2.80. The number of aryl methyl sites for hydroxylation is 1. The summed E-state index contributed by atoms with van der Waals surface area (Å²) in [5.41, 5.74) is 2.78. The van der Waals surface area contributed by atoms with Gasteiger partial charge in [0.2, 0.25) is 0 Å². The molecule has 94 valence electrons. The second-order valence-electron chi connectivity index (χ2n) is 5.06. The summed E-state index contributed by atoms with van der Waals surface area (Å²) in [6.07, 6.45) is 5.12. The zero-order chi connectivity index (χ0) is 12.3. The summed E-state index contributed by atoms with van der Waals surface area (Å²) in [6.45, 7) is 2.21. The van der Waals surface area contributed by atoms with Crippen molar-refractivity contribution in [1.29, 1.82) is 0 Å². The van der Waals surface area contributed by atoms with E-state index in [-0.39, 0.29) is 6.10 Å². The van der Waals surface area contributed by atoms with E-state index in [1.54, 1.807) is 0 Å². The lowest BCUT2D eigenvalue weighted by atomic mass is 9.91. The van der Waals surface area contributed by atoms with E-state index in [2.05, 4.69) is 43.1 Å². The predicted molar refractivity (Wildman–Crippen MR) is 72.5 cm³/mol. The van der Waals surface area contributed by atoms with Gasteiger partial charge in [-0.15, -0.1) is 0 Å². The summed E-state index contributed by atoms with van der Waals surface area (Å²) in [6, 6.07) is 9.24. The Morgan fingerprint density at radius 3 is 2.47 bits per heavy atom. The lowest BCUT2D eigenvalue weighted by Gasteiger charge is -2.35. The van der Waals surface area contributed by atoms with Gasteiger partial charge in [0.05, 0.1) is 6.10 Å². The molecule has 1 aromatic rings. The molecule has 0 aromatic heterocycles. The van der Waals surface area contributed by atoms with Crippen LogP contribution in [0.2, 0.25) is 0 Å². The number of nitrogens with zero attached hydrogens (tertiary/aromatic N) is 1. The number of rotatable bonds is 3. The molecule has 2 nitrogen and oxygen atoms in total. The molecule has 0 heterocycles. The Bertz CT molecular complexity index is 356. The maximum atomic E-state index is 9.56. The van der Waals surface area contributed by atoms with Gasteiger partial charge in [0.15, 0.2) is 0 Å². The maximum absolute atomic E-state index is 9.56. The zero-order valence-electron chi connectivity index (χ0n) is 10.9. The van der Waals surface area contributed by atoms with Crippen LogP contribution in [-0.2, 0) is 6.42 Å². The van der Waals surface area contributed by atoms with Crippen LogP contribution in [0.5, 0.6) is 0 Å². The SMILES string of the molecule is CCc1ccccc1N(C)C1CCC(O)CC1. The van der Waals surface area contributed by atoms with Crippen molar-refractivity contribution in [2.24, 2.45) is 0 Å². The summed E-state index contributed by atoms with van der Waals surface area (Å²) < 4.78 is 0. The Balaban J connectivity index is 2.10. The molecule has 0 unspecified atom stereocenters. The second-order valence-corrected chi connectivity index (χ2v) is 5.06. The van der Waals surface area contributed by atoms with Crippen molar-refractivity contribution in [3.05, 3.63) is 29.8 Å². The lowest BCUT2D eigenvalue weighted by Crippen LogP contribution is -2.36. The van der Waals surface area contributed by atoms with Crippen LogP contribution in [0.4, 0.5) is 5.69 Å². The average Bonchev–Trinajstić information content (AvgIpc) is 2.39. The first-order chi connectivity index (χ1) is 8.22. The van der Waals surface area contributed by atoms with Crippen molar-refractivity contribution in [2.75, 3.05) is 11.9 Å². The van der Waals surface area contributed by atoms with Gasteiger partial charge in [-0.25, -0.2) is 0 Å². The van der Waals surface area contributed by atoms with Crippen molar-refractivity contribution in [3.63, 3.8) is 0 Å². The molecule has 1 aromatic carbocycles. The molecule has 0 amide bonds. The Morgan fingerprint density at radius 2 is 1.82 bits per heavy atom. The summed E-state index contributed by atoms with van der Waals surface area (Å²) in [4.78, 5) is 2.41. The van der Waals surface area contributed by atoms with Crippen molar-refractivity contribution in [3.8, 4) is 0 Å². The molecule has 2 rings (SSSR count). The number of benzene rings is 1. The standard InChI is InChI=1S/C15H23NO/c1-3-12-6-4-5-7-15(12)16(2)13-8-10-14(17)11-9-13/h4-7,13-14,17H,3,8-11H2,1-2H3. The fraction of sp³-hybridized carbons (Fsp3) is 0.600. The van der Waals surface area contributed by atoms with Crippen LogP contribution >= 0.6 is 0 Å². The first kappa shape index (κ1) is 12.4. The fourth-order valence-electron chi connectivity index (χ4n) is 2.80. The van der Waals surface area contributed by atoms with Gasteiger partial charge < -0.3 is 10.0 Å². The minimum atomic E-state index is -0.0685. The molecule has 1 N–H and O–H groups in total. The minimum absolute atomic E-state index is 0.0685. The van der Waals surface area contributed by atoms with Gasteiger partial charge in [0, 0.05) is 18.8 Å². The summed E-state index contributed by atoms with van der Waals surface area (Å²) in [5, 5.41) is 9.56. The van der Waals surface area contributed by atoms with E-state index in [0.29, 0.717) is 6.04 Å². The van der Waals surface area contributed by atoms with Crippen LogP contribution < -0.4 is 4.90 Å². The Kier molecular flexibility index (Phi) is 4.06. The first-order valence-corrected chi connectivity index (χ1v) is 6.71. The molecule has 0 spiro atoms. The van der Waals surface area contributed by atoms with E-state index in [1.807, 2.05) is 0 Å². The number of anilines is 1. The highest BCUT2D eigenvalue weighted by Gasteiger charge is 2.23. The molecular weight excluding hydrogens is 210 g/mol. The van der Waals surface area contributed by atoms with Crippen molar-refractivity contribution < 1.29 is 5.11 Å². The third-order valence-electron chi connectivity index (χ3n) is 3.97. The molecule has 1 aliphatic rings. The van der Waals surface area contributed by atoms with Crippen molar-refractivity contribution in [1.82, 2.24) is 0 Å². The quantitative estimate of drug-likeness (QED) is 0.867. The number of aliphatic hydroxyl groups is 1. The number of para-hydroxylation sites is 1. The third kappa shape index (κ3) is 2.81. The number of hydrogen-bond donors (Lipinski definition) is 1. The monoisotopic (exact) mass is 233 g/mol. The van der Waals surface area contributed by atoms with Crippen LogP contribution in [-0.4, -0.2) is 24.3 Å². The van der Waals surface area contributed by atoms with E-state index in [0.717, 1.165) is 32.1 Å². The maximum Gasteiger partial charge on any atom is 0.0541 e. The highest BCUT2D eigenvalue weighted by atomic mass is 16.3.